The maximum absolute atomic E-state index is 12.0. The Morgan fingerprint density at radius 3 is 2.90 bits per heavy atom. The van der Waals surface area contributed by atoms with Crippen LogP contribution in [0.1, 0.15) is 35.2 Å². The van der Waals surface area contributed by atoms with E-state index in [-0.39, 0.29) is 5.91 Å². The van der Waals surface area contributed by atoms with Crippen molar-refractivity contribution in [3.8, 4) is 0 Å². The lowest BCUT2D eigenvalue weighted by molar-refractivity contribution is -0.122. The van der Waals surface area contributed by atoms with Crippen molar-refractivity contribution < 1.29 is 4.79 Å². The molecule has 1 amide bonds. The zero-order chi connectivity index (χ0) is 14.5. The molecule has 2 heterocycles. The number of hydrogen-bond donors (Lipinski definition) is 4. The number of H-pyrrole nitrogens is 2. The van der Waals surface area contributed by atoms with E-state index >= 15 is 0 Å². The van der Waals surface area contributed by atoms with Crippen molar-refractivity contribution >= 4 is 5.91 Å². The molecule has 7 heteroatoms. The van der Waals surface area contributed by atoms with Crippen LogP contribution >= 0.6 is 0 Å². The summed E-state index contributed by atoms with van der Waals surface area (Å²) in [6.45, 7) is 4.27. The smallest absolute Gasteiger partial charge is 0.241 e. The zero-order valence-electron chi connectivity index (χ0n) is 11.7. The number of nitrogens with two attached hydrogens (primary N) is 1. The first-order valence-corrected chi connectivity index (χ1v) is 6.62. The van der Waals surface area contributed by atoms with Crippen LogP contribution in [0.4, 0.5) is 0 Å². The molecule has 20 heavy (non-hydrogen) atoms. The van der Waals surface area contributed by atoms with E-state index in [1.807, 2.05) is 13.8 Å². The normalized spacial score (nSPS) is 12.3. The van der Waals surface area contributed by atoms with Gasteiger partial charge in [-0.05, 0) is 20.3 Å². The van der Waals surface area contributed by atoms with E-state index in [9.17, 15) is 4.79 Å². The highest BCUT2D eigenvalue weighted by Gasteiger charge is 2.21. The van der Waals surface area contributed by atoms with Crippen LogP contribution in [0, 0.1) is 13.8 Å². The van der Waals surface area contributed by atoms with Crippen molar-refractivity contribution in [1.82, 2.24) is 25.5 Å². The van der Waals surface area contributed by atoms with Gasteiger partial charge >= 0.3 is 0 Å². The molecule has 0 saturated heterocycles. The molecule has 5 N–H and O–H groups in total. The molecule has 0 aliphatic heterocycles. The Labute approximate surface area is 117 Å². The highest BCUT2D eigenvalue weighted by Crippen LogP contribution is 2.17. The number of imidazole rings is 1. The van der Waals surface area contributed by atoms with E-state index in [0.29, 0.717) is 6.54 Å². The van der Waals surface area contributed by atoms with Gasteiger partial charge in [0.25, 0.3) is 0 Å². The first kappa shape index (κ1) is 14.3. The lowest BCUT2D eigenvalue weighted by Gasteiger charge is -2.12. The van der Waals surface area contributed by atoms with Gasteiger partial charge in [-0.25, -0.2) is 4.98 Å². The molecule has 0 saturated carbocycles. The summed E-state index contributed by atoms with van der Waals surface area (Å²) in [5, 5.41) is 9.73. The average molecular weight is 276 g/mol. The number of aromatic nitrogens is 4. The van der Waals surface area contributed by atoms with Gasteiger partial charge in [-0.3, -0.25) is 9.89 Å². The van der Waals surface area contributed by atoms with Gasteiger partial charge in [0.2, 0.25) is 5.91 Å². The Kier molecular flexibility index (Phi) is 4.52. The minimum Gasteiger partial charge on any atom is -0.354 e. The average Bonchev–Trinajstić information content (AvgIpc) is 3.04. The fourth-order valence-corrected chi connectivity index (χ4v) is 2.16. The molecule has 108 valence electrons. The second-order valence-electron chi connectivity index (χ2n) is 4.76. The molecule has 0 radical (unpaired) electrons. The van der Waals surface area contributed by atoms with Gasteiger partial charge in [-0.2, -0.15) is 5.10 Å². The number of nitrogens with zero attached hydrogens (tertiary/aromatic N) is 2. The summed E-state index contributed by atoms with van der Waals surface area (Å²) in [4.78, 5) is 19.2. The van der Waals surface area contributed by atoms with Crippen LogP contribution in [-0.4, -0.2) is 32.6 Å². The topological polar surface area (TPSA) is 112 Å². The van der Waals surface area contributed by atoms with Gasteiger partial charge in [-0.1, -0.05) is 0 Å². The fraction of sp³-hybridized carbons (Fsp3) is 0.462. The Balaban J connectivity index is 1.80. The molecular formula is C13H20N6O. The quantitative estimate of drug-likeness (QED) is 0.575. The first-order chi connectivity index (χ1) is 9.59. The maximum Gasteiger partial charge on any atom is 0.241 e. The Hall–Kier alpha value is -2.15. The van der Waals surface area contributed by atoms with Crippen LogP contribution in [0.5, 0.6) is 0 Å². The van der Waals surface area contributed by atoms with Crippen molar-refractivity contribution in [3.05, 3.63) is 35.2 Å². The van der Waals surface area contributed by atoms with Crippen LogP contribution < -0.4 is 11.1 Å². The van der Waals surface area contributed by atoms with Crippen LogP contribution in [0.25, 0.3) is 0 Å². The third kappa shape index (κ3) is 3.24. The fourth-order valence-electron chi connectivity index (χ4n) is 2.16. The summed E-state index contributed by atoms with van der Waals surface area (Å²) in [7, 11) is 0. The number of carbonyl (C=O) groups is 1. The van der Waals surface area contributed by atoms with E-state index in [1.165, 1.54) is 0 Å². The molecule has 0 aliphatic rings. The van der Waals surface area contributed by atoms with Gasteiger partial charge in [0, 0.05) is 36.6 Å². The lowest BCUT2D eigenvalue weighted by atomic mass is 10.1. The van der Waals surface area contributed by atoms with Crippen LogP contribution in [-0.2, 0) is 11.2 Å². The summed E-state index contributed by atoms with van der Waals surface area (Å²) in [6.07, 6.45) is 5.12. The molecule has 0 unspecified atom stereocenters. The van der Waals surface area contributed by atoms with Crippen molar-refractivity contribution in [2.24, 2.45) is 5.73 Å². The second-order valence-corrected chi connectivity index (χ2v) is 4.76. The predicted molar refractivity (Wildman–Crippen MR) is 74.9 cm³/mol. The standard InChI is InChI=1S/C13H20N6O/c1-8-11(9(2)19-18-8)12(14)13(20)17-5-3-4-10-15-6-7-16-10/h6-7,12H,3-5,14H2,1-2H3,(H,15,16)(H,17,20)(H,18,19)/t12-/m1/s1. The number of amides is 1. The molecule has 0 bridgehead atoms. The number of hydrogen-bond acceptors (Lipinski definition) is 4. The van der Waals surface area contributed by atoms with Crippen molar-refractivity contribution in [2.75, 3.05) is 6.54 Å². The summed E-state index contributed by atoms with van der Waals surface area (Å²) >= 11 is 0. The van der Waals surface area contributed by atoms with Gasteiger partial charge in [0.05, 0.1) is 5.69 Å². The van der Waals surface area contributed by atoms with Crippen LogP contribution in [0.2, 0.25) is 0 Å². The van der Waals surface area contributed by atoms with Crippen molar-refractivity contribution in [3.63, 3.8) is 0 Å². The van der Waals surface area contributed by atoms with E-state index < -0.39 is 6.04 Å². The van der Waals surface area contributed by atoms with Crippen LogP contribution in [0.3, 0.4) is 0 Å². The number of carbonyl (C=O) groups excluding carboxylic acids is 1. The van der Waals surface area contributed by atoms with E-state index in [0.717, 1.165) is 35.6 Å². The third-order valence-corrected chi connectivity index (χ3v) is 3.22. The number of rotatable bonds is 6. The highest BCUT2D eigenvalue weighted by atomic mass is 16.2. The first-order valence-electron chi connectivity index (χ1n) is 6.62. The Bertz CT molecular complexity index is 540. The Morgan fingerprint density at radius 1 is 1.50 bits per heavy atom. The molecule has 7 nitrogen and oxygen atoms in total. The number of aryl methyl sites for hydroxylation is 3. The van der Waals surface area contributed by atoms with Gasteiger partial charge in [0.15, 0.2) is 0 Å². The second kappa shape index (κ2) is 6.33. The predicted octanol–water partition coefficient (Wildman–Crippen LogP) is 0.498. The molecular weight excluding hydrogens is 256 g/mol. The molecule has 0 spiro atoms. The molecule has 2 aromatic heterocycles. The maximum atomic E-state index is 12.0. The monoisotopic (exact) mass is 276 g/mol. The Morgan fingerprint density at radius 2 is 2.30 bits per heavy atom. The number of nitrogens with one attached hydrogen (secondary N) is 3. The molecule has 1 atom stereocenters. The summed E-state index contributed by atoms with van der Waals surface area (Å²) in [5.74, 6) is 0.738. The number of aromatic amines is 2. The molecule has 2 aromatic rings. The van der Waals surface area contributed by atoms with E-state index in [1.54, 1.807) is 12.4 Å². The van der Waals surface area contributed by atoms with Gasteiger partial charge in [-0.15, -0.1) is 0 Å². The minimum absolute atomic E-state index is 0.183. The van der Waals surface area contributed by atoms with Gasteiger partial charge in [0.1, 0.15) is 11.9 Å². The van der Waals surface area contributed by atoms with E-state index in [2.05, 4.69) is 25.5 Å². The molecule has 2 rings (SSSR count). The summed E-state index contributed by atoms with van der Waals surface area (Å²) < 4.78 is 0. The molecule has 0 aliphatic carbocycles. The SMILES string of the molecule is Cc1n[nH]c(C)c1[C@@H](N)C(=O)NCCCc1ncc[nH]1. The van der Waals surface area contributed by atoms with Crippen molar-refractivity contribution in [2.45, 2.75) is 32.7 Å². The van der Waals surface area contributed by atoms with E-state index in [4.69, 9.17) is 5.73 Å². The largest absolute Gasteiger partial charge is 0.354 e. The minimum atomic E-state index is -0.683. The zero-order valence-corrected chi connectivity index (χ0v) is 11.7. The lowest BCUT2D eigenvalue weighted by Crippen LogP contribution is -2.35. The molecule has 0 fully saturated rings. The van der Waals surface area contributed by atoms with Crippen LogP contribution in [0.15, 0.2) is 12.4 Å². The summed E-state index contributed by atoms with van der Waals surface area (Å²) in [5.41, 5.74) is 8.34. The highest BCUT2D eigenvalue weighted by molar-refractivity contribution is 5.83. The molecule has 0 aromatic carbocycles. The van der Waals surface area contributed by atoms with Crippen molar-refractivity contribution in [1.29, 1.82) is 0 Å². The van der Waals surface area contributed by atoms with Gasteiger partial charge < -0.3 is 16.0 Å². The third-order valence-electron chi connectivity index (χ3n) is 3.22. The summed E-state index contributed by atoms with van der Waals surface area (Å²) in [6, 6.07) is -0.683.